The molecule has 0 atom stereocenters. The average molecular weight is 272 g/mol. The highest BCUT2D eigenvalue weighted by Crippen LogP contribution is 2.17. The summed E-state index contributed by atoms with van der Waals surface area (Å²) in [6, 6.07) is 0.910. The van der Waals surface area contributed by atoms with Crippen molar-refractivity contribution in [3.63, 3.8) is 0 Å². The summed E-state index contributed by atoms with van der Waals surface area (Å²) in [5.74, 6) is 0. The van der Waals surface area contributed by atoms with Crippen LogP contribution in [-0.2, 0) is 0 Å². The van der Waals surface area contributed by atoms with Crippen molar-refractivity contribution in [2.75, 3.05) is 39.8 Å². The van der Waals surface area contributed by atoms with Crippen LogP contribution in [0.3, 0.4) is 0 Å². The summed E-state index contributed by atoms with van der Waals surface area (Å²) in [5, 5.41) is 7.57. The lowest BCUT2D eigenvalue weighted by molar-refractivity contribution is 0.0694. The first-order chi connectivity index (χ1) is 7.27. The molecule has 0 spiro atoms. The zero-order valence-corrected chi connectivity index (χ0v) is 11.7. The number of halogens is 2. The molecule has 1 N–H and O–H groups in total. The highest BCUT2D eigenvalue weighted by Gasteiger charge is 2.30. The van der Waals surface area contributed by atoms with E-state index >= 15 is 0 Å². The molecule has 0 aliphatic carbocycles. The first kappa shape index (κ1) is 26.3. The van der Waals surface area contributed by atoms with Crippen LogP contribution in [0.15, 0.2) is 0 Å². The Balaban J connectivity index is -0.000000110. The molecule has 2 fully saturated rings. The highest BCUT2D eigenvalue weighted by molar-refractivity contribution is 4.87. The molecule has 2 aliphatic rings. The van der Waals surface area contributed by atoms with Gasteiger partial charge in [-0.15, -0.1) is 0 Å². The van der Waals surface area contributed by atoms with Crippen LogP contribution < -0.4 is 0 Å². The van der Waals surface area contributed by atoms with E-state index in [0.717, 1.165) is 6.04 Å². The van der Waals surface area contributed by atoms with Crippen molar-refractivity contribution in [2.24, 2.45) is 0 Å². The summed E-state index contributed by atoms with van der Waals surface area (Å²) < 4.78 is 0. The van der Waals surface area contributed by atoms with Gasteiger partial charge >= 0.3 is 0 Å². The lowest BCUT2D eigenvalue weighted by Gasteiger charge is -2.41. The van der Waals surface area contributed by atoms with Gasteiger partial charge in [0, 0.05) is 25.7 Å². The van der Waals surface area contributed by atoms with E-state index < -0.39 is 0 Å². The molecule has 0 aromatic rings. The number of likely N-dealkylation sites (tertiary alicyclic amines) is 2. The molecule has 5 heteroatoms. The summed E-state index contributed by atoms with van der Waals surface area (Å²) in [4.78, 5) is 5.03. The van der Waals surface area contributed by atoms with Crippen molar-refractivity contribution in [3.8, 4) is 0 Å². The van der Waals surface area contributed by atoms with Crippen molar-refractivity contribution in [1.29, 1.82) is 0 Å². The second-order valence-corrected chi connectivity index (χ2v) is 3.93. The van der Waals surface area contributed by atoms with Gasteiger partial charge < -0.3 is 10.0 Å². The fraction of sp³-hybridized carbons (Fsp3) is 1.00. The third-order valence-corrected chi connectivity index (χ3v) is 2.70. The standard InChI is InChI=1S/C8H16N2.C2H6O.C2H6.CH4.2FH/c1-9-6-8(7-9)10-4-2-3-5-10;1-2-3;1-2;;;/h8H,2-7H2,1H3;3H,2H2,1H3;1-2H3;1H4;2*1H. The smallest absolute Gasteiger partial charge is 0.0402 e. The van der Waals surface area contributed by atoms with Gasteiger partial charge in [-0.25, -0.2) is 0 Å². The SMILES string of the molecule is C.CC.CCO.CN1CC(N2CCCC2)C1.F.F. The summed E-state index contributed by atoms with van der Waals surface area (Å²) in [7, 11) is 2.20. The number of hydrogen-bond acceptors (Lipinski definition) is 3. The lowest BCUT2D eigenvalue weighted by atomic mass is 10.1. The number of likely N-dealkylation sites (N-methyl/N-ethyl adjacent to an activating group) is 1. The van der Waals surface area contributed by atoms with Gasteiger partial charge in [0.05, 0.1) is 0 Å². The van der Waals surface area contributed by atoms with E-state index in [0.29, 0.717) is 0 Å². The minimum Gasteiger partial charge on any atom is -0.397 e. The fourth-order valence-corrected chi connectivity index (χ4v) is 2.00. The minimum absolute atomic E-state index is 0. The summed E-state index contributed by atoms with van der Waals surface area (Å²) in [6.45, 7) is 11.3. The second-order valence-electron chi connectivity index (χ2n) is 3.93. The van der Waals surface area contributed by atoms with Crippen LogP contribution in [0.2, 0.25) is 0 Å². The van der Waals surface area contributed by atoms with Crippen molar-refractivity contribution in [3.05, 3.63) is 0 Å². The van der Waals surface area contributed by atoms with E-state index in [1.165, 1.54) is 39.0 Å². The Morgan fingerprint density at radius 2 is 1.39 bits per heavy atom. The van der Waals surface area contributed by atoms with E-state index in [9.17, 15) is 0 Å². The molecule has 0 radical (unpaired) electrons. The van der Waals surface area contributed by atoms with E-state index in [4.69, 9.17) is 5.11 Å². The van der Waals surface area contributed by atoms with Crippen molar-refractivity contribution >= 4 is 0 Å². The predicted molar refractivity (Wildman–Crippen MR) is 77.9 cm³/mol. The Labute approximate surface area is 112 Å². The van der Waals surface area contributed by atoms with Crippen molar-refractivity contribution in [1.82, 2.24) is 9.80 Å². The van der Waals surface area contributed by atoms with Crippen LogP contribution in [0.25, 0.3) is 0 Å². The Morgan fingerprint density at radius 3 is 1.67 bits per heavy atom. The molecule has 0 amide bonds. The molecule has 2 saturated heterocycles. The van der Waals surface area contributed by atoms with Crippen molar-refractivity contribution < 1.29 is 14.5 Å². The average Bonchev–Trinajstić information content (AvgIpc) is 2.70. The zero-order chi connectivity index (χ0) is 11.7. The third-order valence-electron chi connectivity index (χ3n) is 2.70. The van der Waals surface area contributed by atoms with Crippen molar-refractivity contribution in [2.45, 2.75) is 47.1 Å². The largest absolute Gasteiger partial charge is 0.397 e. The van der Waals surface area contributed by atoms with Crippen LogP contribution >= 0.6 is 0 Å². The van der Waals surface area contributed by atoms with Gasteiger partial charge in [-0.2, -0.15) is 0 Å². The number of aliphatic hydroxyl groups is 1. The molecule has 0 aromatic heterocycles. The summed E-state index contributed by atoms with van der Waals surface area (Å²) in [5.41, 5.74) is 0. The monoisotopic (exact) mass is 272 g/mol. The van der Waals surface area contributed by atoms with E-state index in [-0.39, 0.29) is 23.4 Å². The molecular formula is C13H34F2N2O. The molecule has 0 unspecified atom stereocenters. The van der Waals surface area contributed by atoms with Gasteiger partial charge in [-0.05, 0) is 39.9 Å². The predicted octanol–water partition coefficient (Wildman–Crippen LogP) is 2.36. The summed E-state index contributed by atoms with van der Waals surface area (Å²) in [6.07, 6.45) is 2.86. The minimum atomic E-state index is 0. The number of nitrogens with zero attached hydrogens (tertiary/aromatic N) is 2. The Kier molecular flexibility index (Phi) is 24.5. The quantitative estimate of drug-likeness (QED) is 0.794. The lowest BCUT2D eigenvalue weighted by Crippen LogP contribution is -2.56. The number of rotatable bonds is 1. The molecule has 116 valence electrons. The Bertz CT molecular complexity index is 139. The van der Waals surface area contributed by atoms with Gasteiger partial charge in [0.2, 0.25) is 0 Å². The highest BCUT2D eigenvalue weighted by atomic mass is 19.0. The maximum Gasteiger partial charge on any atom is 0.0402 e. The maximum absolute atomic E-state index is 7.57. The number of hydrogen-bond donors (Lipinski definition) is 1. The van der Waals surface area contributed by atoms with E-state index in [1.54, 1.807) is 6.92 Å². The fourth-order valence-electron chi connectivity index (χ4n) is 2.00. The molecule has 2 heterocycles. The number of aliphatic hydroxyl groups excluding tert-OH is 1. The molecular weight excluding hydrogens is 238 g/mol. The molecule has 3 nitrogen and oxygen atoms in total. The van der Waals surface area contributed by atoms with Crippen LogP contribution in [0, 0.1) is 0 Å². The van der Waals surface area contributed by atoms with Crippen LogP contribution in [0.5, 0.6) is 0 Å². The molecule has 2 aliphatic heterocycles. The van der Waals surface area contributed by atoms with Gasteiger partial charge in [-0.1, -0.05) is 21.3 Å². The molecule has 0 bridgehead atoms. The zero-order valence-electron chi connectivity index (χ0n) is 11.7. The van der Waals surface area contributed by atoms with Gasteiger partial charge in [0.15, 0.2) is 0 Å². The molecule has 0 saturated carbocycles. The topological polar surface area (TPSA) is 26.7 Å². The first-order valence-corrected chi connectivity index (χ1v) is 6.31. The third kappa shape index (κ3) is 9.74. The Morgan fingerprint density at radius 1 is 1.06 bits per heavy atom. The van der Waals surface area contributed by atoms with Crippen LogP contribution in [0.1, 0.15) is 41.0 Å². The normalized spacial score (nSPS) is 18.5. The molecule has 18 heavy (non-hydrogen) atoms. The first-order valence-electron chi connectivity index (χ1n) is 6.31. The van der Waals surface area contributed by atoms with Crippen LogP contribution in [0.4, 0.5) is 9.41 Å². The van der Waals surface area contributed by atoms with Gasteiger partial charge in [0.25, 0.3) is 0 Å². The van der Waals surface area contributed by atoms with E-state index in [2.05, 4.69) is 16.8 Å². The van der Waals surface area contributed by atoms with Crippen LogP contribution in [-0.4, -0.2) is 60.8 Å². The molecule has 0 aromatic carbocycles. The second kappa shape index (κ2) is 16.7. The van der Waals surface area contributed by atoms with Gasteiger partial charge in [-0.3, -0.25) is 14.3 Å². The summed E-state index contributed by atoms with van der Waals surface area (Å²) >= 11 is 0. The van der Waals surface area contributed by atoms with E-state index in [1.807, 2.05) is 13.8 Å². The Hall–Kier alpha value is -0.260. The molecule has 2 rings (SSSR count). The van der Waals surface area contributed by atoms with Gasteiger partial charge in [0.1, 0.15) is 0 Å². The maximum atomic E-state index is 7.57.